The average molecular weight is 496 g/mol. The number of carbonyl (C=O) groups is 1. The molecule has 1 amide bonds. The number of tetrazole rings is 1. The van der Waals surface area contributed by atoms with Gasteiger partial charge in [-0.25, -0.2) is 8.42 Å². The van der Waals surface area contributed by atoms with Crippen LogP contribution in [0.1, 0.15) is 36.5 Å². The van der Waals surface area contributed by atoms with Crippen molar-refractivity contribution in [1.29, 1.82) is 0 Å². The first kappa shape index (κ1) is 23.4. The second kappa shape index (κ2) is 9.74. The Hall–Kier alpha value is -3.31. The number of rotatable bonds is 5. The summed E-state index contributed by atoms with van der Waals surface area (Å²) in [7, 11) is -3.56. The Bertz CT molecular complexity index is 1270. The van der Waals surface area contributed by atoms with Crippen molar-refractivity contribution in [2.45, 2.75) is 37.1 Å². The van der Waals surface area contributed by atoms with E-state index in [1.165, 1.54) is 0 Å². The van der Waals surface area contributed by atoms with Crippen molar-refractivity contribution in [1.82, 2.24) is 29.4 Å². The number of hydrogen-bond donors (Lipinski definition) is 0. The molecule has 1 aromatic heterocycles. The van der Waals surface area contributed by atoms with Gasteiger partial charge in [-0.05, 0) is 66.6 Å². The predicted molar refractivity (Wildman–Crippen MR) is 131 cm³/mol. The fourth-order valence-corrected chi connectivity index (χ4v) is 6.44. The molecule has 3 heterocycles. The molecule has 3 aromatic rings. The summed E-state index contributed by atoms with van der Waals surface area (Å²) >= 11 is 0. The van der Waals surface area contributed by atoms with Crippen molar-refractivity contribution in [3.63, 3.8) is 0 Å². The van der Waals surface area contributed by atoms with E-state index >= 15 is 0 Å². The van der Waals surface area contributed by atoms with Crippen LogP contribution < -0.4 is 4.90 Å². The van der Waals surface area contributed by atoms with Crippen LogP contribution in [0.4, 0.5) is 5.95 Å². The third-order valence-electron chi connectivity index (χ3n) is 6.75. The largest absolute Gasteiger partial charge is 0.336 e. The van der Waals surface area contributed by atoms with Crippen molar-refractivity contribution < 1.29 is 13.2 Å². The first-order chi connectivity index (χ1) is 16.9. The van der Waals surface area contributed by atoms with Crippen molar-refractivity contribution in [3.05, 3.63) is 60.2 Å². The number of hydrogen-bond acceptors (Lipinski definition) is 7. The number of piperazine rings is 1. The van der Waals surface area contributed by atoms with Gasteiger partial charge in [-0.2, -0.15) is 8.99 Å². The standard InChI is InChI=1S/C24H29N7O3S/c1-19-7-5-6-14-30(19)35(33,34)22-12-10-20(11-13-22)23(32)28-15-17-29(18-16-28)24-25-26-27-31(24)21-8-3-2-4-9-21/h2-4,8-13,19H,5-7,14-18H2,1H3. The van der Waals surface area contributed by atoms with E-state index in [-0.39, 0.29) is 16.8 Å². The molecule has 35 heavy (non-hydrogen) atoms. The first-order valence-corrected chi connectivity index (χ1v) is 13.4. The molecule has 0 saturated carbocycles. The summed E-state index contributed by atoms with van der Waals surface area (Å²) in [5.74, 6) is 0.535. The first-order valence-electron chi connectivity index (χ1n) is 11.9. The van der Waals surface area contributed by atoms with Crippen LogP contribution in [0.3, 0.4) is 0 Å². The number of carbonyl (C=O) groups excluding carboxylic acids is 1. The molecule has 1 unspecified atom stereocenters. The van der Waals surface area contributed by atoms with Gasteiger partial charge in [0.1, 0.15) is 0 Å². The third-order valence-corrected chi connectivity index (χ3v) is 8.78. The van der Waals surface area contributed by atoms with E-state index in [0.717, 1.165) is 24.9 Å². The zero-order valence-corrected chi connectivity index (χ0v) is 20.5. The van der Waals surface area contributed by atoms with Gasteiger partial charge in [0.05, 0.1) is 10.6 Å². The highest BCUT2D eigenvalue weighted by Gasteiger charge is 2.31. The highest BCUT2D eigenvalue weighted by Crippen LogP contribution is 2.25. The van der Waals surface area contributed by atoms with Crippen LogP contribution in [0.15, 0.2) is 59.5 Å². The number of piperidine rings is 1. The normalized spacial score (nSPS) is 19.6. The van der Waals surface area contributed by atoms with Gasteiger partial charge >= 0.3 is 0 Å². The van der Waals surface area contributed by atoms with E-state index in [4.69, 9.17) is 0 Å². The lowest BCUT2D eigenvalue weighted by Gasteiger charge is -2.35. The number of para-hydroxylation sites is 1. The van der Waals surface area contributed by atoms with E-state index in [2.05, 4.69) is 20.4 Å². The van der Waals surface area contributed by atoms with Crippen LogP contribution in [-0.4, -0.2) is 82.5 Å². The number of nitrogens with zero attached hydrogens (tertiary/aromatic N) is 7. The summed E-state index contributed by atoms with van der Waals surface area (Å²) in [4.78, 5) is 17.2. The molecule has 0 N–H and O–H groups in total. The van der Waals surface area contributed by atoms with Gasteiger partial charge in [-0.1, -0.05) is 29.7 Å². The Morgan fingerprint density at radius 2 is 1.63 bits per heavy atom. The summed E-state index contributed by atoms with van der Waals surface area (Å²) in [6, 6.07) is 16.0. The quantitative estimate of drug-likeness (QED) is 0.534. The molecule has 184 valence electrons. The zero-order chi connectivity index (χ0) is 24.4. The molecule has 0 aliphatic carbocycles. The molecule has 2 aliphatic heterocycles. The van der Waals surface area contributed by atoms with Crippen LogP contribution in [0.5, 0.6) is 0 Å². The highest BCUT2D eigenvalue weighted by atomic mass is 32.2. The van der Waals surface area contributed by atoms with Gasteiger partial charge < -0.3 is 9.80 Å². The van der Waals surface area contributed by atoms with Crippen molar-refractivity contribution in [2.24, 2.45) is 0 Å². The van der Waals surface area contributed by atoms with E-state index in [1.807, 2.05) is 37.3 Å². The lowest BCUT2D eigenvalue weighted by molar-refractivity contribution is 0.0746. The Morgan fingerprint density at radius 1 is 0.914 bits per heavy atom. The molecular formula is C24H29N7O3S. The minimum absolute atomic E-state index is 0.00533. The maximum atomic E-state index is 13.1. The van der Waals surface area contributed by atoms with Gasteiger partial charge in [0.15, 0.2) is 0 Å². The van der Waals surface area contributed by atoms with Gasteiger partial charge in [-0.3, -0.25) is 4.79 Å². The van der Waals surface area contributed by atoms with Crippen LogP contribution >= 0.6 is 0 Å². The topological polar surface area (TPSA) is 105 Å². The lowest BCUT2D eigenvalue weighted by atomic mass is 10.1. The smallest absolute Gasteiger partial charge is 0.253 e. The van der Waals surface area contributed by atoms with E-state index in [0.29, 0.717) is 44.2 Å². The SMILES string of the molecule is CC1CCCCN1S(=O)(=O)c1ccc(C(=O)N2CCN(c3nnnn3-c3ccccc3)CC2)cc1. The fourth-order valence-electron chi connectivity index (χ4n) is 4.74. The molecule has 10 nitrogen and oxygen atoms in total. The van der Waals surface area contributed by atoms with Crippen LogP contribution in [0.2, 0.25) is 0 Å². The van der Waals surface area contributed by atoms with Gasteiger partial charge in [0.2, 0.25) is 16.0 Å². The predicted octanol–water partition coefficient (Wildman–Crippen LogP) is 2.19. The van der Waals surface area contributed by atoms with Crippen molar-refractivity contribution in [2.75, 3.05) is 37.6 Å². The maximum absolute atomic E-state index is 13.1. The number of sulfonamides is 1. The number of anilines is 1. The Balaban J connectivity index is 1.24. The summed E-state index contributed by atoms with van der Waals surface area (Å²) in [5.41, 5.74) is 1.36. The molecule has 0 bridgehead atoms. The average Bonchev–Trinajstić information content (AvgIpc) is 3.39. The molecule has 0 spiro atoms. The molecule has 2 saturated heterocycles. The summed E-state index contributed by atoms with van der Waals surface area (Å²) < 4.78 is 29.4. The van der Waals surface area contributed by atoms with Crippen LogP contribution in [-0.2, 0) is 10.0 Å². The molecular weight excluding hydrogens is 466 g/mol. The lowest BCUT2D eigenvalue weighted by Crippen LogP contribution is -2.49. The molecule has 0 radical (unpaired) electrons. The highest BCUT2D eigenvalue weighted by molar-refractivity contribution is 7.89. The van der Waals surface area contributed by atoms with Gasteiger partial charge in [-0.15, -0.1) is 0 Å². The summed E-state index contributed by atoms with van der Waals surface area (Å²) in [6.07, 6.45) is 2.80. The van der Waals surface area contributed by atoms with E-state index < -0.39 is 10.0 Å². The Labute approximate surface area is 205 Å². The molecule has 1 atom stereocenters. The number of aromatic nitrogens is 4. The molecule has 2 aliphatic rings. The van der Waals surface area contributed by atoms with Crippen LogP contribution in [0.25, 0.3) is 5.69 Å². The molecule has 2 aromatic carbocycles. The summed E-state index contributed by atoms with van der Waals surface area (Å²) in [5, 5.41) is 12.1. The Morgan fingerprint density at radius 3 is 2.31 bits per heavy atom. The second-order valence-electron chi connectivity index (χ2n) is 8.99. The van der Waals surface area contributed by atoms with Gasteiger partial charge in [0, 0.05) is 44.3 Å². The zero-order valence-electron chi connectivity index (χ0n) is 19.7. The van der Waals surface area contributed by atoms with Crippen molar-refractivity contribution in [3.8, 4) is 5.69 Å². The fraction of sp³-hybridized carbons (Fsp3) is 0.417. The van der Waals surface area contributed by atoms with E-state index in [9.17, 15) is 13.2 Å². The Kier molecular flexibility index (Phi) is 6.52. The monoisotopic (exact) mass is 495 g/mol. The molecule has 2 fully saturated rings. The molecule has 5 rings (SSSR count). The minimum Gasteiger partial charge on any atom is -0.336 e. The van der Waals surface area contributed by atoms with Gasteiger partial charge in [0.25, 0.3) is 5.91 Å². The summed E-state index contributed by atoms with van der Waals surface area (Å²) in [6.45, 7) is 4.73. The minimum atomic E-state index is -3.56. The number of benzene rings is 2. The third kappa shape index (κ3) is 4.65. The molecule has 11 heteroatoms. The van der Waals surface area contributed by atoms with Crippen molar-refractivity contribution >= 4 is 21.9 Å². The number of amides is 1. The van der Waals surface area contributed by atoms with E-state index in [1.54, 1.807) is 38.2 Å². The second-order valence-corrected chi connectivity index (χ2v) is 10.9. The maximum Gasteiger partial charge on any atom is 0.253 e. The van der Waals surface area contributed by atoms with Crippen LogP contribution in [0, 0.1) is 0 Å².